The standard InChI is InChI=1S/C14H22N2O2/c1-5-10(2)15-14(17)11(3)16-12-8-6-7-9-13(12)18-4/h6-11,16H,5H2,1-4H3,(H,15,17). The van der Waals surface area contributed by atoms with E-state index in [1.54, 1.807) is 7.11 Å². The largest absolute Gasteiger partial charge is 0.495 e. The molecule has 0 fully saturated rings. The molecule has 0 aliphatic rings. The Balaban J connectivity index is 2.63. The van der Waals surface area contributed by atoms with Gasteiger partial charge in [0.15, 0.2) is 0 Å². The first-order valence-electron chi connectivity index (χ1n) is 6.28. The lowest BCUT2D eigenvalue weighted by atomic mass is 10.2. The van der Waals surface area contributed by atoms with Crippen LogP contribution in [0.5, 0.6) is 5.75 Å². The normalized spacial score (nSPS) is 13.6. The number of ether oxygens (including phenoxy) is 1. The van der Waals surface area contributed by atoms with Crippen molar-refractivity contribution in [1.29, 1.82) is 0 Å². The Hall–Kier alpha value is -1.71. The second-order valence-corrected chi connectivity index (χ2v) is 4.38. The van der Waals surface area contributed by atoms with Crippen molar-refractivity contribution < 1.29 is 9.53 Å². The van der Waals surface area contributed by atoms with Crippen LogP contribution in [-0.4, -0.2) is 25.1 Å². The van der Waals surface area contributed by atoms with Gasteiger partial charge in [-0.05, 0) is 32.4 Å². The van der Waals surface area contributed by atoms with E-state index >= 15 is 0 Å². The third kappa shape index (κ3) is 3.95. The molecule has 1 amide bonds. The van der Waals surface area contributed by atoms with Crippen LogP contribution in [0.2, 0.25) is 0 Å². The molecular formula is C14H22N2O2. The van der Waals surface area contributed by atoms with E-state index < -0.39 is 0 Å². The fraction of sp³-hybridized carbons (Fsp3) is 0.500. The minimum atomic E-state index is -0.296. The summed E-state index contributed by atoms with van der Waals surface area (Å²) in [5, 5.41) is 6.10. The van der Waals surface area contributed by atoms with Gasteiger partial charge in [-0.25, -0.2) is 0 Å². The molecule has 0 saturated heterocycles. The molecule has 1 rings (SSSR count). The number of para-hydroxylation sites is 2. The van der Waals surface area contributed by atoms with Gasteiger partial charge in [0.2, 0.25) is 5.91 Å². The fourth-order valence-corrected chi connectivity index (χ4v) is 1.53. The third-order valence-corrected chi connectivity index (χ3v) is 2.87. The van der Waals surface area contributed by atoms with Crippen molar-refractivity contribution in [2.24, 2.45) is 0 Å². The molecule has 0 bridgehead atoms. The molecule has 100 valence electrons. The van der Waals surface area contributed by atoms with Crippen LogP contribution in [0.15, 0.2) is 24.3 Å². The molecule has 0 radical (unpaired) electrons. The van der Waals surface area contributed by atoms with Gasteiger partial charge in [0.05, 0.1) is 12.8 Å². The minimum Gasteiger partial charge on any atom is -0.495 e. The smallest absolute Gasteiger partial charge is 0.242 e. The fourth-order valence-electron chi connectivity index (χ4n) is 1.53. The van der Waals surface area contributed by atoms with Gasteiger partial charge in [0, 0.05) is 6.04 Å². The average Bonchev–Trinajstić information content (AvgIpc) is 2.39. The van der Waals surface area contributed by atoms with Crippen LogP contribution >= 0.6 is 0 Å². The zero-order valence-electron chi connectivity index (χ0n) is 11.5. The molecule has 0 heterocycles. The van der Waals surface area contributed by atoms with Gasteiger partial charge in [-0.2, -0.15) is 0 Å². The van der Waals surface area contributed by atoms with Crippen LogP contribution in [0.1, 0.15) is 27.2 Å². The highest BCUT2D eigenvalue weighted by Gasteiger charge is 2.15. The molecule has 2 atom stereocenters. The summed E-state index contributed by atoms with van der Waals surface area (Å²) in [5.74, 6) is 0.732. The van der Waals surface area contributed by atoms with Crippen molar-refractivity contribution in [3.05, 3.63) is 24.3 Å². The molecule has 4 nitrogen and oxygen atoms in total. The van der Waals surface area contributed by atoms with Gasteiger partial charge >= 0.3 is 0 Å². The molecule has 0 aliphatic carbocycles. The molecule has 0 spiro atoms. The summed E-state index contributed by atoms with van der Waals surface area (Å²) in [4.78, 5) is 11.9. The van der Waals surface area contributed by atoms with Gasteiger partial charge in [0.1, 0.15) is 11.8 Å². The van der Waals surface area contributed by atoms with Crippen LogP contribution < -0.4 is 15.4 Å². The van der Waals surface area contributed by atoms with Crippen molar-refractivity contribution in [1.82, 2.24) is 5.32 Å². The Bertz CT molecular complexity index is 393. The number of carbonyl (C=O) groups is 1. The number of benzene rings is 1. The highest BCUT2D eigenvalue weighted by atomic mass is 16.5. The molecule has 0 aliphatic heterocycles. The highest BCUT2D eigenvalue weighted by molar-refractivity contribution is 5.84. The second-order valence-electron chi connectivity index (χ2n) is 4.38. The zero-order valence-corrected chi connectivity index (χ0v) is 11.5. The van der Waals surface area contributed by atoms with Gasteiger partial charge in [-0.1, -0.05) is 19.1 Å². The lowest BCUT2D eigenvalue weighted by Crippen LogP contribution is -2.41. The van der Waals surface area contributed by atoms with Crippen LogP contribution in [0.25, 0.3) is 0 Å². The molecule has 1 aromatic rings. The number of rotatable bonds is 6. The van der Waals surface area contributed by atoms with Crippen molar-refractivity contribution in [3.8, 4) is 5.75 Å². The lowest BCUT2D eigenvalue weighted by molar-refractivity contribution is -0.122. The molecule has 2 N–H and O–H groups in total. The molecule has 18 heavy (non-hydrogen) atoms. The zero-order chi connectivity index (χ0) is 13.5. The van der Waals surface area contributed by atoms with E-state index in [2.05, 4.69) is 10.6 Å². The Morgan fingerprint density at radius 1 is 1.33 bits per heavy atom. The van der Waals surface area contributed by atoms with Gasteiger partial charge in [0.25, 0.3) is 0 Å². The Labute approximate surface area is 109 Å². The number of nitrogens with one attached hydrogen (secondary N) is 2. The Kier molecular flexibility index (Phi) is 5.49. The van der Waals surface area contributed by atoms with Gasteiger partial charge < -0.3 is 15.4 Å². The average molecular weight is 250 g/mol. The molecule has 0 saturated carbocycles. The van der Waals surface area contributed by atoms with E-state index in [0.717, 1.165) is 17.9 Å². The summed E-state index contributed by atoms with van der Waals surface area (Å²) in [6.07, 6.45) is 0.924. The first kappa shape index (κ1) is 14.4. The van der Waals surface area contributed by atoms with E-state index in [1.165, 1.54) is 0 Å². The van der Waals surface area contributed by atoms with Crippen LogP contribution in [0.4, 0.5) is 5.69 Å². The monoisotopic (exact) mass is 250 g/mol. The van der Waals surface area contributed by atoms with E-state index in [4.69, 9.17) is 4.74 Å². The van der Waals surface area contributed by atoms with Gasteiger partial charge in [-0.3, -0.25) is 4.79 Å². The maximum absolute atomic E-state index is 11.9. The van der Waals surface area contributed by atoms with Crippen LogP contribution in [0, 0.1) is 0 Å². The second kappa shape index (κ2) is 6.89. The molecule has 0 aromatic heterocycles. The summed E-state index contributed by atoms with van der Waals surface area (Å²) in [6.45, 7) is 5.88. The molecule has 4 heteroatoms. The lowest BCUT2D eigenvalue weighted by Gasteiger charge is -2.19. The van der Waals surface area contributed by atoms with Gasteiger partial charge in [-0.15, -0.1) is 0 Å². The SMILES string of the molecule is CCC(C)NC(=O)C(C)Nc1ccccc1OC. The third-order valence-electron chi connectivity index (χ3n) is 2.87. The predicted molar refractivity (Wildman–Crippen MR) is 74.0 cm³/mol. The minimum absolute atomic E-state index is 0.00439. The number of anilines is 1. The number of hydrogen-bond acceptors (Lipinski definition) is 3. The predicted octanol–water partition coefficient (Wildman–Crippen LogP) is 2.41. The number of hydrogen-bond donors (Lipinski definition) is 2. The summed E-state index contributed by atoms with van der Waals surface area (Å²) in [5.41, 5.74) is 0.826. The van der Waals surface area contributed by atoms with Crippen LogP contribution in [0.3, 0.4) is 0 Å². The van der Waals surface area contributed by atoms with E-state index in [1.807, 2.05) is 45.0 Å². The summed E-state index contributed by atoms with van der Waals surface area (Å²) >= 11 is 0. The van der Waals surface area contributed by atoms with Crippen LogP contribution in [-0.2, 0) is 4.79 Å². The quantitative estimate of drug-likeness (QED) is 0.815. The van der Waals surface area contributed by atoms with E-state index in [-0.39, 0.29) is 18.0 Å². The van der Waals surface area contributed by atoms with E-state index in [9.17, 15) is 4.79 Å². The van der Waals surface area contributed by atoms with Crippen molar-refractivity contribution in [2.75, 3.05) is 12.4 Å². The first-order valence-corrected chi connectivity index (χ1v) is 6.28. The van der Waals surface area contributed by atoms with Crippen molar-refractivity contribution in [2.45, 2.75) is 39.3 Å². The van der Waals surface area contributed by atoms with Crippen molar-refractivity contribution in [3.63, 3.8) is 0 Å². The molecule has 1 aromatic carbocycles. The maximum atomic E-state index is 11.9. The first-order chi connectivity index (χ1) is 8.58. The Morgan fingerprint density at radius 3 is 2.61 bits per heavy atom. The number of methoxy groups -OCH3 is 1. The van der Waals surface area contributed by atoms with E-state index in [0.29, 0.717) is 0 Å². The molecule has 2 unspecified atom stereocenters. The van der Waals surface area contributed by atoms with Crippen molar-refractivity contribution >= 4 is 11.6 Å². The number of carbonyl (C=O) groups excluding carboxylic acids is 1. The Morgan fingerprint density at radius 2 is 2.00 bits per heavy atom. The molecular weight excluding hydrogens is 228 g/mol. The summed E-state index contributed by atoms with van der Waals surface area (Å²) in [7, 11) is 1.62. The summed E-state index contributed by atoms with van der Waals surface area (Å²) < 4.78 is 5.23. The maximum Gasteiger partial charge on any atom is 0.242 e. The summed E-state index contributed by atoms with van der Waals surface area (Å²) in [6, 6.07) is 7.46. The number of amides is 1. The topological polar surface area (TPSA) is 50.4 Å². The highest BCUT2D eigenvalue weighted by Crippen LogP contribution is 2.23.